The zero-order valence-electron chi connectivity index (χ0n) is 81.3. The van der Waals surface area contributed by atoms with E-state index in [1.54, 1.807) is 31.2 Å². The van der Waals surface area contributed by atoms with Gasteiger partial charge in [0.1, 0.15) is 64.9 Å². The fourth-order valence-electron chi connectivity index (χ4n) is 33.3. The number of esters is 1. The quantitative estimate of drug-likeness (QED) is 0.0737. The first-order valence-electron chi connectivity index (χ1n) is 50.6. The molecule has 0 spiro atoms. The molecule has 13 fully saturated rings. The smallest absolute Gasteiger partial charge is 0.331 e. The summed E-state index contributed by atoms with van der Waals surface area (Å²) >= 11 is 0. The Morgan fingerprint density at radius 1 is 0.546 bits per heavy atom. The highest BCUT2D eigenvalue weighted by Crippen LogP contribution is 2.73. The van der Waals surface area contributed by atoms with Crippen LogP contribution in [-0.4, -0.2) is 142 Å². The minimum Gasteiger partial charge on any atom is -0.456 e. The monoisotopic (exact) mass is 1790 g/mol. The molecule has 30 atom stereocenters. The van der Waals surface area contributed by atoms with Crippen LogP contribution in [0.3, 0.4) is 0 Å². The number of fused-ring (bicyclic) bond motifs is 22. The Balaban J connectivity index is 0.000000126. The van der Waals surface area contributed by atoms with Crippen LogP contribution in [0.5, 0.6) is 0 Å². The van der Waals surface area contributed by atoms with E-state index in [0.29, 0.717) is 80.7 Å². The molecule has 19 aliphatic carbocycles. The number of ether oxygens (including phenoxy) is 1. The number of carbonyl (C=O) groups excluding carboxylic acids is 12. The SMILES string of the molecule is CC(=O)C1CC(OC(=O)/C=C(\C)C(C)C)C2(O)CC3CC4=CC(=O)CCC4(C)CC3C2(O)C1C.CC(C)CCCC(C)C1CCC2C3C=CC4=CC(=O)CCC4(C)C3CCC12C.CC12C=CC(=O)C=C1CCC1C2C(=O)CC2(C)C1CCC2(O)C(=O)CO.CC12CCC(=O)C=C1CCC1C2C(=O)C2(C)C1CCC2(O)C(=O)CO.CC12CCC(=O)C=C1CCC1CCC(=O)C12C. The van der Waals surface area contributed by atoms with E-state index in [4.69, 9.17) is 4.74 Å². The number of hydrogen-bond acceptors (Lipinski definition) is 19. The molecular weight excluding hydrogens is 1640 g/mol. The number of ketones is 11. The summed E-state index contributed by atoms with van der Waals surface area (Å²) in [4.78, 5) is 149. The molecule has 0 bridgehead atoms. The number of allylic oxidation sites excluding steroid dienone is 15. The van der Waals surface area contributed by atoms with Crippen molar-refractivity contribution in [2.24, 2.45) is 155 Å². The second-order valence-electron chi connectivity index (χ2n) is 48.1. The molecular formula is C111H154O19. The molecule has 19 nitrogen and oxygen atoms in total. The summed E-state index contributed by atoms with van der Waals surface area (Å²) in [7, 11) is 0. The topological polar surface area (TPSA) is 335 Å². The van der Waals surface area contributed by atoms with Gasteiger partial charge in [-0.1, -0.05) is 162 Å². The predicted molar refractivity (Wildman–Crippen MR) is 495 cm³/mol. The molecule has 13 saturated carbocycles. The van der Waals surface area contributed by atoms with E-state index in [0.717, 1.165) is 135 Å². The summed E-state index contributed by atoms with van der Waals surface area (Å²) in [6.45, 7) is 34.4. The summed E-state index contributed by atoms with van der Waals surface area (Å²) in [5.74, 6) is 3.77. The Kier molecular flexibility index (Phi) is 26.4. The van der Waals surface area contributed by atoms with E-state index in [-0.39, 0.29) is 147 Å². The second kappa shape index (κ2) is 35.0. The largest absolute Gasteiger partial charge is 0.456 e. The van der Waals surface area contributed by atoms with Crippen LogP contribution >= 0.6 is 0 Å². The molecule has 0 aromatic rings. The molecule has 0 heterocycles. The maximum atomic E-state index is 13.6. The Morgan fingerprint density at radius 3 is 1.79 bits per heavy atom. The molecule has 6 N–H and O–H groups in total. The normalized spacial score (nSPS) is 45.6. The summed E-state index contributed by atoms with van der Waals surface area (Å²) in [6.07, 6.45) is 44.3. The van der Waals surface area contributed by atoms with Gasteiger partial charge in [0.05, 0.1) is 5.41 Å². The molecule has 19 rings (SSSR count). The van der Waals surface area contributed by atoms with Crippen LogP contribution in [-0.2, 0) is 62.3 Å². The minimum absolute atomic E-state index is 0.0206. The molecule has 0 radical (unpaired) electrons. The Bertz CT molecular complexity index is 4920. The van der Waals surface area contributed by atoms with E-state index >= 15 is 0 Å². The van der Waals surface area contributed by atoms with Gasteiger partial charge in [0.25, 0.3) is 0 Å². The fourth-order valence-corrected chi connectivity index (χ4v) is 33.3. The predicted octanol–water partition coefficient (Wildman–Crippen LogP) is 17.7. The van der Waals surface area contributed by atoms with Gasteiger partial charge in [0, 0.05) is 84.0 Å². The lowest BCUT2D eigenvalue weighted by molar-refractivity contribution is -0.259. The van der Waals surface area contributed by atoms with E-state index in [1.165, 1.54) is 69.1 Å². The molecule has 712 valence electrons. The number of aliphatic hydroxyl groups excluding tert-OH is 2. The number of aliphatic hydroxyl groups is 6. The average Bonchev–Trinajstić information content (AvgIpc) is 1.51. The molecule has 0 aromatic heterocycles. The lowest BCUT2D eigenvalue weighted by Gasteiger charge is -2.56. The van der Waals surface area contributed by atoms with Crippen molar-refractivity contribution in [2.75, 3.05) is 13.2 Å². The van der Waals surface area contributed by atoms with Crippen molar-refractivity contribution in [3.05, 3.63) is 94.2 Å². The van der Waals surface area contributed by atoms with Crippen molar-refractivity contribution >= 4 is 69.6 Å². The van der Waals surface area contributed by atoms with E-state index < -0.39 is 87.3 Å². The van der Waals surface area contributed by atoms with Crippen molar-refractivity contribution in [3.63, 3.8) is 0 Å². The van der Waals surface area contributed by atoms with Crippen molar-refractivity contribution < 1.29 is 92.9 Å². The molecule has 0 aromatic carbocycles. The highest BCUT2D eigenvalue weighted by Gasteiger charge is 2.77. The minimum atomic E-state index is -1.76. The van der Waals surface area contributed by atoms with Crippen molar-refractivity contribution in [1.29, 1.82) is 0 Å². The van der Waals surface area contributed by atoms with Crippen molar-refractivity contribution in [3.8, 4) is 0 Å². The van der Waals surface area contributed by atoms with Crippen molar-refractivity contribution in [2.45, 2.75) is 352 Å². The third-order valence-electron chi connectivity index (χ3n) is 41.7. The first kappa shape index (κ1) is 98.0. The number of hydrogen-bond donors (Lipinski definition) is 6. The van der Waals surface area contributed by atoms with E-state index in [1.807, 2.05) is 59.8 Å². The second-order valence-corrected chi connectivity index (χ2v) is 48.1. The lowest BCUT2D eigenvalue weighted by Crippen LogP contribution is -2.70. The molecule has 130 heavy (non-hydrogen) atoms. The zero-order valence-corrected chi connectivity index (χ0v) is 81.3. The third-order valence-corrected chi connectivity index (χ3v) is 41.7. The van der Waals surface area contributed by atoms with Crippen LogP contribution in [0.4, 0.5) is 0 Å². The maximum absolute atomic E-state index is 13.6. The maximum Gasteiger partial charge on any atom is 0.331 e. The van der Waals surface area contributed by atoms with Crippen LogP contribution in [0.15, 0.2) is 94.2 Å². The van der Waals surface area contributed by atoms with Gasteiger partial charge in [-0.05, 0) is 321 Å². The standard InChI is InChI=1S/C28H40O6.C27H42O.C21H26O5.C20H26O5.C15H20O2/c1-15(2)16(3)9-25(31)34-24-12-22(18(5)29)17(4)28(33)23-14-26(6)8-7-21(30)11-20(26)10-19(23)13-27(24,28)32;1-18(2)7-6-8-19(3)23-11-12-24-22-10-9-20-17-21(28)13-15-26(20,4)25(22)14-16-27(23,24)5;1-19-7-5-13(23)9-12(19)3-4-14-15-6-8-21(26,17(25)11-22)20(15,2)10-16(24)18(14)19;1-18-7-5-12(22)9-11(18)3-4-13-14-6-8-20(25,15(23)10-21)19(14,2)17(24)16(13)18;1-14-8-7-12(16)9-11(14)4-3-10-5-6-13(17)15(10,14)2/h9,11,15,17,19,22-24,32-33H,7-8,10,12-14H2,1-6H3;9-10,17-19,22-25H,6-8,11-16H2,1-5H3;5,7,9,14-15,18,22,26H,3-4,6,8,10-11H2,1-2H3;9,13-14,16,21,25H,3-8,10H2,1-2H3;9-10H,3-8H2,1-2H3/b16-9+;;;;. The van der Waals surface area contributed by atoms with E-state index in [9.17, 15) is 88.2 Å². The number of rotatable bonds is 13. The first-order chi connectivity index (χ1) is 60.8. The van der Waals surface area contributed by atoms with Crippen LogP contribution < -0.4 is 0 Å². The lowest BCUT2D eigenvalue weighted by atomic mass is 9.46. The summed E-state index contributed by atoms with van der Waals surface area (Å²) < 4.78 is 5.84. The Morgan fingerprint density at radius 2 is 1.13 bits per heavy atom. The highest BCUT2D eigenvalue weighted by atomic mass is 16.6. The molecule has 0 aliphatic heterocycles. The summed E-state index contributed by atoms with van der Waals surface area (Å²) in [6, 6.07) is 0. The van der Waals surface area contributed by atoms with Gasteiger partial charge in [0.15, 0.2) is 40.5 Å². The molecule has 0 amide bonds. The summed E-state index contributed by atoms with van der Waals surface area (Å²) in [5.41, 5.74) is -2.31. The van der Waals surface area contributed by atoms with Gasteiger partial charge in [0.2, 0.25) is 0 Å². The number of Topliss-reactive ketones (excluding diaryl/α,β-unsaturated/α-hetero) is 6. The Labute approximate surface area is 772 Å². The number of carbonyl (C=O) groups is 12. The molecule has 19 aliphatic rings. The van der Waals surface area contributed by atoms with Gasteiger partial charge < -0.3 is 35.4 Å². The molecule has 0 saturated heterocycles. The van der Waals surface area contributed by atoms with Gasteiger partial charge in [-0.25, -0.2) is 4.79 Å². The molecule has 19 heteroatoms. The average molecular weight is 1790 g/mol. The van der Waals surface area contributed by atoms with Gasteiger partial charge in [-0.15, -0.1) is 0 Å². The van der Waals surface area contributed by atoms with E-state index in [2.05, 4.69) is 74.5 Å². The highest BCUT2D eigenvalue weighted by molar-refractivity contribution is 6.04. The molecule has 30 unspecified atom stereocenters. The van der Waals surface area contributed by atoms with Crippen LogP contribution in [0, 0.1) is 155 Å². The third kappa shape index (κ3) is 15.2. The van der Waals surface area contributed by atoms with Gasteiger partial charge in [-0.2, -0.15) is 0 Å². The van der Waals surface area contributed by atoms with Crippen LogP contribution in [0.2, 0.25) is 0 Å². The van der Waals surface area contributed by atoms with Crippen molar-refractivity contribution in [1.82, 2.24) is 0 Å². The zero-order chi connectivity index (χ0) is 94.7. The fraction of sp³-hybridized carbons (Fsp3) is 0.748. The van der Waals surface area contributed by atoms with Crippen LogP contribution in [0.1, 0.15) is 323 Å². The first-order valence-corrected chi connectivity index (χ1v) is 50.6. The van der Waals surface area contributed by atoms with Crippen LogP contribution in [0.25, 0.3) is 0 Å². The Hall–Kier alpha value is -6.48. The van der Waals surface area contributed by atoms with Gasteiger partial charge >= 0.3 is 5.97 Å². The van der Waals surface area contributed by atoms with Gasteiger partial charge in [-0.3, -0.25) is 52.7 Å². The summed E-state index contributed by atoms with van der Waals surface area (Å²) in [5, 5.41) is 65.4.